The number of ether oxygens (including phenoxy) is 2. The van der Waals surface area contributed by atoms with Gasteiger partial charge >= 0.3 is 12.0 Å². The highest BCUT2D eigenvalue weighted by Crippen LogP contribution is 2.29. The van der Waals surface area contributed by atoms with E-state index in [2.05, 4.69) is 10.6 Å². The number of urea groups is 1. The lowest BCUT2D eigenvalue weighted by Gasteiger charge is -2.24. The number of rotatable bonds is 6. The molecule has 0 atom stereocenters. The minimum absolute atomic E-state index is 0.174. The van der Waals surface area contributed by atoms with Gasteiger partial charge in [-0.15, -0.1) is 0 Å². The molecule has 1 aromatic rings. The molecule has 0 aromatic heterocycles. The van der Waals surface area contributed by atoms with E-state index in [1.54, 1.807) is 32.0 Å². The fraction of sp³-hybridized carbons (Fsp3) is 0.429. The maximum absolute atomic E-state index is 11.9. The average Bonchev–Trinajstić information content (AvgIpc) is 2.35. The third kappa shape index (κ3) is 5.21. The van der Waals surface area contributed by atoms with Crippen molar-refractivity contribution in [1.82, 2.24) is 5.32 Å². The zero-order valence-electron chi connectivity index (χ0n) is 12.5. The summed E-state index contributed by atoms with van der Waals surface area (Å²) in [6, 6.07) is 4.44. The van der Waals surface area contributed by atoms with Crippen LogP contribution in [0.2, 0.25) is 0 Å². The molecule has 0 saturated heterocycles. The van der Waals surface area contributed by atoms with Crippen molar-refractivity contribution in [3.8, 4) is 11.5 Å². The van der Waals surface area contributed by atoms with Crippen molar-refractivity contribution in [1.29, 1.82) is 0 Å². The number of benzene rings is 1. The Bertz CT molecular complexity index is 528. The molecule has 0 aliphatic heterocycles. The van der Waals surface area contributed by atoms with Gasteiger partial charge in [0.1, 0.15) is 0 Å². The lowest BCUT2D eigenvalue weighted by atomic mass is 10.0. The van der Waals surface area contributed by atoms with Crippen molar-refractivity contribution in [2.24, 2.45) is 0 Å². The molecule has 0 bridgehead atoms. The molecule has 0 radical (unpaired) electrons. The average molecular weight is 296 g/mol. The minimum Gasteiger partial charge on any atom is -0.493 e. The van der Waals surface area contributed by atoms with Crippen LogP contribution in [0.1, 0.15) is 20.3 Å². The molecule has 7 heteroatoms. The number of anilines is 1. The second kappa shape index (κ2) is 6.83. The number of aliphatic carboxylic acids is 1. The fourth-order valence-corrected chi connectivity index (χ4v) is 1.81. The van der Waals surface area contributed by atoms with Gasteiger partial charge in [-0.25, -0.2) is 4.79 Å². The van der Waals surface area contributed by atoms with E-state index in [9.17, 15) is 9.59 Å². The molecule has 0 aliphatic rings. The molecule has 0 fully saturated rings. The monoisotopic (exact) mass is 296 g/mol. The Hall–Kier alpha value is -2.44. The Balaban J connectivity index is 2.73. The van der Waals surface area contributed by atoms with Crippen LogP contribution < -0.4 is 20.1 Å². The van der Waals surface area contributed by atoms with Crippen LogP contribution in [0.25, 0.3) is 0 Å². The molecular weight excluding hydrogens is 276 g/mol. The van der Waals surface area contributed by atoms with Crippen molar-refractivity contribution in [3.63, 3.8) is 0 Å². The second-order valence-corrected chi connectivity index (χ2v) is 5.10. The van der Waals surface area contributed by atoms with E-state index in [0.29, 0.717) is 17.2 Å². The number of carboxylic acid groups (broad SMARTS) is 1. The van der Waals surface area contributed by atoms with Crippen molar-refractivity contribution in [3.05, 3.63) is 18.2 Å². The van der Waals surface area contributed by atoms with Gasteiger partial charge in [-0.3, -0.25) is 4.79 Å². The summed E-state index contributed by atoms with van der Waals surface area (Å²) >= 11 is 0. The first kappa shape index (κ1) is 16.6. The van der Waals surface area contributed by atoms with Gasteiger partial charge < -0.3 is 25.2 Å². The van der Waals surface area contributed by atoms with Crippen LogP contribution in [0, 0.1) is 0 Å². The molecule has 0 aliphatic carbocycles. The highest BCUT2D eigenvalue weighted by Gasteiger charge is 2.23. The summed E-state index contributed by atoms with van der Waals surface area (Å²) in [7, 11) is 3.02. The summed E-state index contributed by atoms with van der Waals surface area (Å²) < 4.78 is 10.2. The number of methoxy groups -OCH3 is 2. The van der Waals surface area contributed by atoms with E-state index >= 15 is 0 Å². The molecular formula is C14H20N2O5. The third-order valence-electron chi connectivity index (χ3n) is 2.69. The maximum Gasteiger partial charge on any atom is 0.319 e. The molecule has 1 rings (SSSR count). The zero-order chi connectivity index (χ0) is 16.0. The maximum atomic E-state index is 11.9. The number of carbonyl (C=O) groups is 2. The Kier molecular flexibility index (Phi) is 5.40. The van der Waals surface area contributed by atoms with Crippen LogP contribution >= 0.6 is 0 Å². The van der Waals surface area contributed by atoms with Gasteiger partial charge in [-0.2, -0.15) is 0 Å². The largest absolute Gasteiger partial charge is 0.493 e. The Morgan fingerprint density at radius 3 is 2.33 bits per heavy atom. The molecule has 116 valence electrons. The molecule has 7 nitrogen and oxygen atoms in total. The standard InChI is InChI=1S/C14H20N2O5/c1-14(2,8-12(17)18)16-13(19)15-9-5-6-10(20-3)11(7-9)21-4/h5-7H,8H2,1-4H3,(H,17,18)(H2,15,16,19). The van der Waals surface area contributed by atoms with E-state index in [4.69, 9.17) is 14.6 Å². The quantitative estimate of drug-likeness (QED) is 0.746. The molecule has 3 N–H and O–H groups in total. The predicted molar refractivity (Wildman–Crippen MR) is 78.0 cm³/mol. The van der Waals surface area contributed by atoms with Crippen LogP contribution in [0.5, 0.6) is 11.5 Å². The zero-order valence-corrected chi connectivity index (χ0v) is 12.5. The van der Waals surface area contributed by atoms with Crippen molar-refractivity contribution in [2.75, 3.05) is 19.5 Å². The summed E-state index contributed by atoms with van der Waals surface area (Å²) in [5.74, 6) is 0.0566. The SMILES string of the molecule is COc1ccc(NC(=O)NC(C)(C)CC(=O)O)cc1OC. The lowest BCUT2D eigenvalue weighted by Crippen LogP contribution is -2.46. The summed E-state index contributed by atoms with van der Waals surface area (Å²) in [4.78, 5) is 22.6. The van der Waals surface area contributed by atoms with Crippen molar-refractivity contribution in [2.45, 2.75) is 25.8 Å². The van der Waals surface area contributed by atoms with Gasteiger partial charge in [0.2, 0.25) is 0 Å². The van der Waals surface area contributed by atoms with Gasteiger partial charge in [0.15, 0.2) is 11.5 Å². The van der Waals surface area contributed by atoms with Gasteiger partial charge in [0.25, 0.3) is 0 Å². The highest BCUT2D eigenvalue weighted by atomic mass is 16.5. The first-order valence-corrected chi connectivity index (χ1v) is 6.30. The second-order valence-electron chi connectivity index (χ2n) is 5.10. The van der Waals surface area contributed by atoms with Gasteiger partial charge in [-0.05, 0) is 26.0 Å². The molecule has 0 heterocycles. The number of nitrogens with one attached hydrogen (secondary N) is 2. The number of carboxylic acids is 1. The first-order valence-electron chi connectivity index (χ1n) is 6.30. The van der Waals surface area contributed by atoms with Gasteiger partial charge in [0, 0.05) is 17.3 Å². The summed E-state index contributed by atoms with van der Waals surface area (Å²) in [5.41, 5.74) is -0.344. The van der Waals surface area contributed by atoms with E-state index in [1.807, 2.05) is 0 Å². The fourth-order valence-electron chi connectivity index (χ4n) is 1.81. The van der Waals surface area contributed by atoms with Crippen LogP contribution in [0.4, 0.5) is 10.5 Å². The van der Waals surface area contributed by atoms with Crippen LogP contribution in [-0.4, -0.2) is 36.9 Å². The topological polar surface area (TPSA) is 96.9 Å². The predicted octanol–water partition coefficient (Wildman–Crippen LogP) is 2.08. The molecule has 0 saturated carbocycles. The minimum atomic E-state index is -0.980. The molecule has 0 unspecified atom stereocenters. The normalized spacial score (nSPS) is 10.7. The summed E-state index contributed by atoms with van der Waals surface area (Å²) in [6.07, 6.45) is -0.174. The number of amides is 2. The first-order chi connectivity index (χ1) is 9.77. The van der Waals surface area contributed by atoms with Gasteiger partial charge in [0.05, 0.1) is 20.6 Å². The van der Waals surface area contributed by atoms with E-state index < -0.39 is 17.5 Å². The molecule has 0 spiro atoms. The smallest absolute Gasteiger partial charge is 0.319 e. The van der Waals surface area contributed by atoms with Crippen LogP contribution in [-0.2, 0) is 4.79 Å². The van der Waals surface area contributed by atoms with E-state index in [0.717, 1.165) is 0 Å². The number of hydrogen-bond acceptors (Lipinski definition) is 4. The van der Waals surface area contributed by atoms with E-state index in [1.165, 1.54) is 14.2 Å². The lowest BCUT2D eigenvalue weighted by molar-refractivity contribution is -0.138. The van der Waals surface area contributed by atoms with Crippen molar-refractivity contribution < 1.29 is 24.2 Å². The molecule has 2 amide bonds. The summed E-state index contributed by atoms with van der Waals surface area (Å²) in [6.45, 7) is 3.27. The Morgan fingerprint density at radius 1 is 1.19 bits per heavy atom. The summed E-state index contributed by atoms with van der Waals surface area (Å²) in [5, 5.41) is 14.0. The molecule has 21 heavy (non-hydrogen) atoms. The number of carbonyl (C=O) groups excluding carboxylic acids is 1. The third-order valence-corrected chi connectivity index (χ3v) is 2.69. The highest BCUT2D eigenvalue weighted by molar-refractivity contribution is 5.90. The van der Waals surface area contributed by atoms with Crippen molar-refractivity contribution >= 4 is 17.7 Å². The molecule has 1 aromatic carbocycles. The van der Waals surface area contributed by atoms with Gasteiger partial charge in [-0.1, -0.05) is 0 Å². The Morgan fingerprint density at radius 2 is 1.81 bits per heavy atom. The number of hydrogen-bond donors (Lipinski definition) is 3. The van der Waals surface area contributed by atoms with Crippen LogP contribution in [0.3, 0.4) is 0 Å². The van der Waals surface area contributed by atoms with E-state index in [-0.39, 0.29) is 6.42 Å². The Labute approximate surface area is 123 Å². The van der Waals surface area contributed by atoms with Crippen LogP contribution in [0.15, 0.2) is 18.2 Å².